The molecule has 2 aromatic carbocycles. The lowest BCUT2D eigenvalue weighted by Crippen LogP contribution is -2.00. The van der Waals surface area contributed by atoms with Crippen molar-refractivity contribution in [1.29, 1.82) is 0 Å². The van der Waals surface area contributed by atoms with Gasteiger partial charge in [0.2, 0.25) is 0 Å². The standard InChI is InChI=1S/C13H10BrCl2NO/c14-10-2-1-3-12(17)13(10)18-7-8-4-5-9(15)6-11(8)16/h1-6H,7,17H2. The summed E-state index contributed by atoms with van der Waals surface area (Å²) >= 11 is 15.3. The average molecular weight is 347 g/mol. The minimum atomic E-state index is 0.336. The van der Waals surface area contributed by atoms with Gasteiger partial charge in [-0.3, -0.25) is 0 Å². The topological polar surface area (TPSA) is 35.2 Å². The van der Waals surface area contributed by atoms with Crippen LogP contribution in [0, 0.1) is 0 Å². The van der Waals surface area contributed by atoms with Gasteiger partial charge in [0.05, 0.1) is 10.2 Å². The third kappa shape index (κ3) is 3.10. The smallest absolute Gasteiger partial charge is 0.156 e. The molecule has 18 heavy (non-hydrogen) atoms. The number of hydrogen-bond acceptors (Lipinski definition) is 2. The first-order valence-electron chi connectivity index (χ1n) is 5.18. The number of halogens is 3. The molecule has 0 unspecified atom stereocenters. The van der Waals surface area contributed by atoms with Crippen molar-refractivity contribution < 1.29 is 4.74 Å². The van der Waals surface area contributed by atoms with Crippen LogP contribution in [-0.4, -0.2) is 0 Å². The highest BCUT2D eigenvalue weighted by molar-refractivity contribution is 9.10. The van der Waals surface area contributed by atoms with Gasteiger partial charge in [-0.1, -0.05) is 35.3 Å². The molecule has 0 aliphatic carbocycles. The van der Waals surface area contributed by atoms with E-state index in [1.807, 2.05) is 18.2 Å². The van der Waals surface area contributed by atoms with E-state index >= 15 is 0 Å². The van der Waals surface area contributed by atoms with Crippen molar-refractivity contribution in [3.05, 3.63) is 56.5 Å². The lowest BCUT2D eigenvalue weighted by atomic mass is 10.2. The second-order valence-corrected chi connectivity index (χ2v) is 5.38. The Kier molecular flexibility index (Phi) is 4.38. The summed E-state index contributed by atoms with van der Waals surface area (Å²) in [4.78, 5) is 0. The number of nitrogen functional groups attached to an aromatic ring is 1. The van der Waals surface area contributed by atoms with Crippen LogP contribution in [0.5, 0.6) is 5.75 Å². The summed E-state index contributed by atoms with van der Waals surface area (Å²) in [7, 11) is 0. The van der Waals surface area contributed by atoms with Crippen molar-refractivity contribution in [2.45, 2.75) is 6.61 Å². The summed E-state index contributed by atoms with van der Waals surface area (Å²) in [6.07, 6.45) is 0. The molecule has 0 saturated heterocycles. The Balaban J connectivity index is 2.16. The van der Waals surface area contributed by atoms with Crippen LogP contribution in [-0.2, 0) is 6.61 Å². The predicted molar refractivity (Wildman–Crippen MR) is 79.3 cm³/mol. The van der Waals surface area contributed by atoms with Gasteiger partial charge >= 0.3 is 0 Å². The first-order valence-corrected chi connectivity index (χ1v) is 6.73. The molecule has 5 heteroatoms. The normalized spacial score (nSPS) is 10.4. The first-order chi connectivity index (χ1) is 8.58. The number of hydrogen-bond donors (Lipinski definition) is 1. The molecule has 0 bridgehead atoms. The molecule has 0 heterocycles. The van der Waals surface area contributed by atoms with Gasteiger partial charge in [-0.25, -0.2) is 0 Å². The van der Waals surface area contributed by atoms with Gasteiger partial charge in [-0.05, 0) is 40.2 Å². The predicted octanol–water partition coefficient (Wildman–Crippen LogP) is 4.92. The Hall–Kier alpha value is -0.900. The number of para-hydroxylation sites is 1. The maximum Gasteiger partial charge on any atom is 0.156 e. The van der Waals surface area contributed by atoms with E-state index < -0.39 is 0 Å². The zero-order valence-electron chi connectivity index (χ0n) is 9.29. The van der Waals surface area contributed by atoms with Crippen LogP contribution in [0.3, 0.4) is 0 Å². The van der Waals surface area contributed by atoms with Gasteiger partial charge in [-0.15, -0.1) is 0 Å². The summed E-state index contributed by atoms with van der Waals surface area (Å²) in [5.41, 5.74) is 7.27. The Bertz CT molecular complexity index is 555. The molecule has 0 aromatic heterocycles. The zero-order valence-corrected chi connectivity index (χ0v) is 12.4. The van der Waals surface area contributed by atoms with Crippen molar-refractivity contribution in [1.82, 2.24) is 0 Å². The fourth-order valence-electron chi connectivity index (χ4n) is 1.47. The number of rotatable bonds is 3. The Labute approximate surface area is 124 Å². The van der Waals surface area contributed by atoms with Gasteiger partial charge in [0.25, 0.3) is 0 Å². The molecule has 0 saturated carbocycles. The van der Waals surface area contributed by atoms with Crippen LogP contribution < -0.4 is 10.5 Å². The van der Waals surface area contributed by atoms with E-state index in [1.165, 1.54) is 0 Å². The molecule has 94 valence electrons. The first kappa shape index (κ1) is 13.5. The Morgan fingerprint density at radius 3 is 2.61 bits per heavy atom. The maximum atomic E-state index is 6.07. The van der Waals surface area contributed by atoms with Crippen molar-refractivity contribution in [2.24, 2.45) is 0 Å². The highest BCUT2D eigenvalue weighted by Gasteiger charge is 2.07. The highest BCUT2D eigenvalue weighted by Crippen LogP contribution is 2.32. The number of benzene rings is 2. The number of ether oxygens (including phenoxy) is 1. The second-order valence-electron chi connectivity index (χ2n) is 3.68. The molecule has 2 nitrogen and oxygen atoms in total. The largest absolute Gasteiger partial charge is 0.485 e. The molecule has 0 aliphatic rings. The monoisotopic (exact) mass is 345 g/mol. The van der Waals surface area contributed by atoms with Crippen molar-refractivity contribution in [2.75, 3.05) is 5.73 Å². The van der Waals surface area contributed by atoms with Crippen LogP contribution in [0.1, 0.15) is 5.56 Å². The summed E-state index contributed by atoms with van der Waals surface area (Å²) in [5, 5.41) is 1.18. The minimum absolute atomic E-state index is 0.336. The molecular weight excluding hydrogens is 337 g/mol. The molecule has 0 fully saturated rings. The minimum Gasteiger partial charge on any atom is -0.485 e. The molecule has 2 aromatic rings. The van der Waals surface area contributed by atoms with Crippen LogP contribution in [0.4, 0.5) is 5.69 Å². The van der Waals surface area contributed by atoms with Gasteiger partial charge in [0, 0.05) is 15.6 Å². The maximum absolute atomic E-state index is 6.07. The molecule has 2 rings (SSSR count). The third-order valence-electron chi connectivity index (χ3n) is 2.38. The zero-order chi connectivity index (χ0) is 13.1. The SMILES string of the molecule is Nc1cccc(Br)c1OCc1ccc(Cl)cc1Cl. The summed E-state index contributed by atoms with van der Waals surface area (Å²) in [6, 6.07) is 10.8. The van der Waals surface area contributed by atoms with Gasteiger partial charge < -0.3 is 10.5 Å². The van der Waals surface area contributed by atoms with Gasteiger partial charge in [-0.2, -0.15) is 0 Å². The van der Waals surface area contributed by atoms with Crippen molar-refractivity contribution >= 4 is 44.8 Å². The van der Waals surface area contributed by atoms with E-state index in [1.54, 1.807) is 18.2 Å². The van der Waals surface area contributed by atoms with E-state index in [4.69, 9.17) is 33.7 Å². The summed E-state index contributed by atoms with van der Waals surface area (Å²) < 4.78 is 6.49. The van der Waals surface area contributed by atoms with E-state index in [0.29, 0.717) is 28.1 Å². The summed E-state index contributed by atoms with van der Waals surface area (Å²) in [5.74, 6) is 0.614. The second kappa shape index (κ2) is 5.83. The molecule has 0 aliphatic heterocycles. The Morgan fingerprint density at radius 2 is 1.94 bits per heavy atom. The van der Waals surface area contributed by atoms with Crippen LogP contribution in [0.2, 0.25) is 10.0 Å². The van der Waals surface area contributed by atoms with E-state index in [0.717, 1.165) is 10.0 Å². The number of anilines is 1. The lowest BCUT2D eigenvalue weighted by Gasteiger charge is -2.11. The van der Waals surface area contributed by atoms with Gasteiger partial charge in [0.15, 0.2) is 5.75 Å². The third-order valence-corrected chi connectivity index (χ3v) is 3.60. The molecule has 0 atom stereocenters. The molecular formula is C13H10BrCl2NO. The van der Waals surface area contributed by atoms with Crippen molar-refractivity contribution in [3.8, 4) is 5.75 Å². The lowest BCUT2D eigenvalue weighted by molar-refractivity contribution is 0.306. The van der Waals surface area contributed by atoms with E-state index in [9.17, 15) is 0 Å². The molecule has 0 radical (unpaired) electrons. The quantitative estimate of drug-likeness (QED) is 0.801. The van der Waals surface area contributed by atoms with Crippen LogP contribution >= 0.6 is 39.1 Å². The fraction of sp³-hybridized carbons (Fsp3) is 0.0769. The van der Waals surface area contributed by atoms with E-state index in [2.05, 4.69) is 15.9 Å². The van der Waals surface area contributed by atoms with Crippen LogP contribution in [0.25, 0.3) is 0 Å². The molecule has 2 N–H and O–H groups in total. The Morgan fingerprint density at radius 1 is 1.17 bits per heavy atom. The van der Waals surface area contributed by atoms with Crippen LogP contribution in [0.15, 0.2) is 40.9 Å². The van der Waals surface area contributed by atoms with E-state index in [-0.39, 0.29) is 0 Å². The molecule has 0 amide bonds. The highest BCUT2D eigenvalue weighted by atomic mass is 79.9. The van der Waals surface area contributed by atoms with Gasteiger partial charge in [0.1, 0.15) is 6.61 Å². The van der Waals surface area contributed by atoms with Crippen molar-refractivity contribution in [3.63, 3.8) is 0 Å². The molecule has 0 spiro atoms. The summed E-state index contributed by atoms with van der Waals surface area (Å²) in [6.45, 7) is 0.336. The number of nitrogens with two attached hydrogens (primary N) is 1. The average Bonchev–Trinajstić information content (AvgIpc) is 2.31. The fourth-order valence-corrected chi connectivity index (χ4v) is 2.43.